The van der Waals surface area contributed by atoms with Gasteiger partial charge >= 0.3 is 6.09 Å². The van der Waals surface area contributed by atoms with E-state index in [4.69, 9.17) is 14.0 Å². The number of nitrogens with zero attached hydrogens (tertiary/aromatic N) is 6. The minimum Gasteiger partial charge on any atom is -0.446 e. The summed E-state index contributed by atoms with van der Waals surface area (Å²) in [6, 6.07) is 1.24. The lowest BCUT2D eigenvalue weighted by Crippen LogP contribution is -2.67. The molecule has 37 heavy (non-hydrogen) atoms. The van der Waals surface area contributed by atoms with Crippen LogP contribution in [0.3, 0.4) is 0 Å². The first kappa shape index (κ1) is 22.5. The van der Waals surface area contributed by atoms with Crippen LogP contribution in [0.25, 0.3) is 11.0 Å². The molecule has 1 N–H and O–H groups in total. The van der Waals surface area contributed by atoms with Crippen LogP contribution in [0.5, 0.6) is 0 Å². The fraction of sp³-hybridized carbons (Fsp3) is 0.480. The summed E-state index contributed by atoms with van der Waals surface area (Å²) in [7, 11) is 0. The number of cyclic esters (lactones) is 1. The highest BCUT2D eigenvalue weighted by atomic mass is 19.1. The van der Waals surface area contributed by atoms with Crippen LogP contribution in [0.15, 0.2) is 34.2 Å². The van der Waals surface area contributed by atoms with Gasteiger partial charge in [0, 0.05) is 37.1 Å². The summed E-state index contributed by atoms with van der Waals surface area (Å²) in [6.45, 7) is 5.90. The SMILES string of the molecule is C[C@@H]1CN2c3c(cc4c(N5C(=O)OC[C@@H]5c5cnccn5)noc4c3F)CC3(C=NCNC3)[C@H]2[C@H](C)O1. The average Bonchev–Trinajstić information content (AvgIpc) is 3.47. The third kappa shape index (κ3) is 3.28. The van der Waals surface area contributed by atoms with Gasteiger partial charge in [-0.2, -0.15) is 0 Å². The van der Waals surface area contributed by atoms with E-state index < -0.39 is 18.0 Å². The predicted molar refractivity (Wildman–Crippen MR) is 131 cm³/mol. The molecule has 1 amide bonds. The molecule has 2 fully saturated rings. The van der Waals surface area contributed by atoms with E-state index in [2.05, 4.69) is 30.3 Å². The first-order valence-electron chi connectivity index (χ1n) is 12.4. The third-order valence-corrected chi connectivity index (χ3v) is 7.85. The third-order valence-electron chi connectivity index (χ3n) is 7.85. The Kier molecular flexibility index (Phi) is 4.99. The van der Waals surface area contributed by atoms with E-state index in [1.165, 1.54) is 4.90 Å². The van der Waals surface area contributed by atoms with Gasteiger partial charge in [0.15, 0.2) is 11.6 Å². The second kappa shape index (κ2) is 8.18. The molecule has 4 aliphatic rings. The number of carbonyl (C=O) groups excluding carboxylic acids is 1. The zero-order valence-corrected chi connectivity index (χ0v) is 20.4. The van der Waals surface area contributed by atoms with E-state index in [0.29, 0.717) is 42.9 Å². The largest absolute Gasteiger partial charge is 0.446 e. The Bertz CT molecular complexity index is 1420. The van der Waals surface area contributed by atoms with E-state index in [0.717, 1.165) is 5.56 Å². The zero-order valence-electron chi connectivity index (χ0n) is 20.4. The van der Waals surface area contributed by atoms with Gasteiger partial charge in [-0.3, -0.25) is 20.3 Å². The number of morpholine rings is 1. The molecule has 0 aliphatic carbocycles. The lowest BCUT2D eigenvalue weighted by atomic mass is 9.68. The maximum absolute atomic E-state index is 16.3. The highest BCUT2D eigenvalue weighted by Crippen LogP contribution is 2.49. The number of rotatable bonds is 2. The molecule has 2 saturated heterocycles. The molecule has 0 bridgehead atoms. The fourth-order valence-electron chi connectivity index (χ4n) is 6.55. The molecule has 1 spiro atoms. The van der Waals surface area contributed by atoms with Crippen LogP contribution in [0.1, 0.15) is 31.1 Å². The van der Waals surface area contributed by atoms with Gasteiger partial charge in [-0.15, -0.1) is 0 Å². The number of anilines is 2. The summed E-state index contributed by atoms with van der Waals surface area (Å²) in [6.07, 6.45) is 6.44. The molecular weight excluding hydrogens is 481 g/mol. The number of hydrogen-bond donors (Lipinski definition) is 1. The van der Waals surface area contributed by atoms with Gasteiger partial charge in [0.25, 0.3) is 0 Å². The van der Waals surface area contributed by atoms with Crippen molar-refractivity contribution in [1.82, 2.24) is 20.4 Å². The van der Waals surface area contributed by atoms with Crippen LogP contribution in [-0.2, 0) is 15.9 Å². The number of carbonyl (C=O) groups is 1. The number of fused-ring (bicyclic) bond motifs is 5. The zero-order chi connectivity index (χ0) is 25.3. The van der Waals surface area contributed by atoms with E-state index >= 15 is 4.39 Å². The molecule has 0 saturated carbocycles. The molecule has 7 rings (SSSR count). The number of nitrogens with one attached hydrogen (secondary N) is 1. The van der Waals surface area contributed by atoms with E-state index in [1.54, 1.807) is 18.6 Å². The van der Waals surface area contributed by atoms with Crippen molar-refractivity contribution in [1.29, 1.82) is 0 Å². The van der Waals surface area contributed by atoms with Crippen molar-refractivity contribution in [2.75, 3.05) is 36.2 Å². The summed E-state index contributed by atoms with van der Waals surface area (Å²) < 4.78 is 33.4. The predicted octanol–water partition coefficient (Wildman–Crippen LogP) is 2.61. The summed E-state index contributed by atoms with van der Waals surface area (Å²) >= 11 is 0. The van der Waals surface area contributed by atoms with Crippen molar-refractivity contribution in [2.45, 2.75) is 44.6 Å². The summed E-state index contributed by atoms with van der Waals surface area (Å²) in [5, 5.41) is 7.95. The molecule has 11 nitrogen and oxygen atoms in total. The van der Waals surface area contributed by atoms with Crippen LogP contribution >= 0.6 is 0 Å². The van der Waals surface area contributed by atoms with E-state index in [-0.39, 0.29) is 41.7 Å². The minimum absolute atomic E-state index is 0.00304. The van der Waals surface area contributed by atoms with Crippen LogP contribution < -0.4 is 15.1 Å². The van der Waals surface area contributed by atoms with Crippen LogP contribution in [-0.4, -0.2) is 72.0 Å². The Labute approximate surface area is 211 Å². The van der Waals surface area contributed by atoms with Gasteiger partial charge in [-0.1, -0.05) is 5.16 Å². The number of benzene rings is 1. The molecule has 5 atom stereocenters. The van der Waals surface area contributed by atoms with Crippen molar-refractivity contribution in [3.8, 4) is 0 Å². The molecule has 4 aliphatic heterocycles. The molecule has 192 valence electrons. The van der Waals surface area contributed by atoms with Crippen molar-refractivity contribution in [3.63, 3.8) is 0 Å². The molecule has 0 radical (unpaired) electrons. The number of halogens is 1. The molecule has 6 heterocycles. The van der Waals surface area contributed by atoms with Crippen LogP contribution in [0, 0.1) is 11.2 Å². The average molecular weight is 508 g/mol. The molecule has 1 unspecified atom stereocenters. The Balaban J connectivity index is 1.39. The van der Waals surface area contributed by atoms with Crippen molar-refractivity contribution in [2.24, 2.45) is 10.4 Å². The summed E-state index contributed by atoms with van der Waals surface area (Å²) in [5.74, 6) is -0.290. The number of aromatic nitrogens is 3. The molecule has 3 aromatic rings. The minimum atomic E-state index is -0.597. The highest BCUT2D eigenvalue weighted by molar-refractivity contribution is 6.01. The maximum Gasteiger partial charge on any atom is 0.416 e. The second-order valence-electron chi connectivity index (χ2n) is 10.2. The first-order valence-corrected chi connectivity index (χ1v) is 12.4. The fourth-order valence-corrected chi connectivity index (χ4v) is 6.55. The molecular formula is C25H26FN7O4. The highest BCUT2D eigenvalue weighted by Gasteiger charge is 2.53. The van der Waals surface area contributed by atoms with Gasteiger partial charge in [0.2, 0.25) is 5.58 Å². The number of aliphatic imine (C=N–C) groups is 1. The van der Waals surface area contributed by atoms with Gasteiger partial charge in [0.05, 0.1) is 47.9 Å². The number of hydrogen-bond acceptors (Lipinski definition) is 10. The van der Waals surface area contributed by atoms with Gasteiger partial charge in [-0.25, -0.2) is 14.1 Å². The monoisotopic (exact) mass is 507 g/mol. The van der Waals surface area contributed by atoms with Gasteiger partial charge in [0.1, 0.15) is 12.6 Å². The van der Waals surface area contributed by atoms with Crippen LogP contribution in [0.4, 0.5) is 20.7 Å². The number of amides is 1. The summed E-state index contributed by atoms with van der Waals surface area (Å²) in [5.41, 5.74) is 1.48. The maximum atomic E-state index is 16.3. The van der Waals surface area contributed by atoms with Crippen molar-refractivity contribution < 1.29 is 23.2 Å². The van der Waals surface area contributed by atoms with E-state index in [1.807, 2.05) is 26.1 Å². The number of ether oxygens (including phenoxy) is 2. The molecule has 2 aromatic heterocycles. The standard InChI is InChI=1S/C25H26FN7O4/c1-13-8-32-20-15(6-25(10-28-12-29-11-25)22(32)14(2)36-13)5-16-21(19(20)26)37-31-23(16)33-18(9-35-24(33)34)17-7-27-3-4-30-17/h3-5,7,10,13-14,18,22,29H,6,8-9,11-12H2,1-2H3/t13-,14+,18-,22-,25?/m1/s1. The normalized spacial score (nSPS) is 31.1. The lowest BCUT2D eigenvalue weighted by molar-refractivity contribution is -0.0522. The molecule has 1 aromatic carbocycles. The van der Waals surface area contributed by atoms with Gasteiger partial charge < -0.3 is 18.9 Å². The smallest absolute Gasteiger partial charge is 0.416 e. The van der Waals surface area contributed by atoms with Crippen LogP contribution in [0.2, 0.25) is 0 Å². The lowest BCUT2D eigenvalue weighted by Gasteiger charge is -2.56. The summed E-state index contributed by atoms with van der Waals surface area (Å²) in [4.78, 5) is 29.3. The van der Waals surface area contributed by atoms with Gasteiger partial charge in [-0.05, 0) is 31.9 Å². The van der Waals surface area contributed by atoms with E-state index in [9.17, 15) is 4.79 Å². The molecule has 12 heteroatoms. The Morgan fingerprint density at radius 1 is 1.27 bits per heavy atom. The Hall–Kier alpha value is -3.64. The Morgan fingerprint density at radius 2 is 2.16 bits per heavy atom. The second-order valence-corrected chi connectivity index (χ2v) is 10.2. The topological polar surface area (TPSA) is 118 Å². The van der Waals surface area contributed by atoms with Crippen molar-refractivity contribution >= 4 is 34.8 Å². The first-order chi connectivity index (χ1) is 18.0. The van der Waals surface area contributed by atoms with Crippen molar-refractivity contribution in [3.05, 3.63) is 41.7 Å². The Morgan fingerprint density at radius 3 is 2.95 bits per heavy atom. The quantitative estimate of drug-likeness (QED) is 0.558.